The topological polar surface area (TPSA) is 113 Å². The highest BCUT2D eigenvalue weighted by atomic mass is 19.1. The molecule has 4 rings (SSSR count). The van der Waals surface area contributed by atoms with E-state index in [-0.39, 0.29) is 12.3 Å². The molecule has 2 heterocycles. The van der Waals surface area contributed by atoms with Crippen molar-refractivity contribution in [1.82, 2.24) is 20.2 Å². The first kappa shape index (κ1) is 19.2. The zero-order valence-electron chi connectivity index (χ0n) is 15.6. The van der Waals surface area contributed by atoms with Crippen LogP contribution in [0.15, 0.2) is 42.6 Å². The summed E-state index contributed by atoms with van der Waals surface area (Å²) in [7, 11) is 0. The van der Waals surface area contributed by atoms with Crippen molar-refractivity contribution in [2.45, 2.75) is 13.5 Å². The second-order valence-electron chi connectivity index (χ2n) is 6.39. The highest BCUT2D eigenvalue weighted by Crippen LogP contribution is 2.27. The van der Waals surface area contributed by atoms with Crippen molar-refractivity contribution in [3.8, 4) is 11.5 Å². The van der Waals surface area contributed by atoms with Gasteiger partial charge in [-0.05, 0) is 18.2 Å². The fourth-order valence-electron chi connectivity index (χ4n) is 2.97. The van der Waals surface area contributed by atoms with Crippen LogP contribution in [-0.2, 0) is 16.1 Å². The molecule has 0 saturated carbocycles. The average Bonchev–Trinajstić information content (AvgIpc) is 3.32. The summed E-state index contributed by atoms with van der Waals surface area (Å²) in [6.07, 6.45) is 1.30. The molecule has 2 aromatic heterocycles. The lowest BCUT2D eigenvalue weighted by Crippen LogP contribution is -2.16. The van der Waals surface area contributed by atoms with Crippen molar-refractivity contribution >= 4 is 28.6 Å². The number of aromatic amines is 2. The van der Waals surface area contributed by atoms with Crippen LogP contribution in [0.25, 0.3) is 22.6 Å². The lowest BCUT2D eigenvalue weighted by Gasteiger charge is -2.06. The zero-order valence-corrected chi connectivity index (χ0v) is 15.6. The van der Waals surface area contributed by atoms with E-state index in [0.717, 1.165) is 12.1 Å². The highest BCUT2D eigenvalue weighted by Gasteiger charge is 2.21. The Kier molecular flexibility index (Phi) is 4.97. The van der Waals surface area contributed by atoms with Gasteiger partial charge in [0, 0.05) is 12.5 Å². The van der Waals surface area contributed by atoms with Gasteiger partial charge in [-0.1, -0.05) is 18.2 Å². The number of halogens is 2. The van der Waals surface area contributed by atoms with Gasteiger partial charge >= 0.3 is 5.97 Å². The van der Waals surface area contributed by atoms with Crippen LogP contribution in [-0.4, -0.2) is 32.0 Å². The number of benzene rings is 2. The number of para-hydroxylation sites is 1. The Balaban J connectivity index is 1.66. The summed E-state index contributed by atoms with van der Waals surface area (Å²) in [5.41, 5.74) is 1.72. The second-order valence-corrected chi connectivity index (χ2v) is 6.39. The van der Waals surface area contributed by atoms with Crippen LogP contribution in [0.5, 0.6) is 0 Å². The van der Waals surface area contributed by atoms with Gasteiger partial charge in [0.2, 0.25) is 0 Å². The Hall–Kier alpha value is -4.08. The molecule has 3 N–H and O–H groups in total. The van der Waals surface area contributed by atoms with Crippen molar-refractivity contribution < 1.29 is 23.1 Å². The number of anilines is 1. The molecule has 10 heteroatoms. The van der Waals surface area contributed by atoms with Crippen molar-refractivity contribution in [3.63, 3.8) is 0 Å². The molecule has 0 aliphatic heterocycles. The molecule has 0 bridgehead atoms. The first-order valence-corrected chi connectivity index (χ1v) is 8.84. The molecule has 0 radical (unpaired) electrons. The quantitative estimate of drug-likeness (QED) is 0.435. The predicted molar refractivity (Wildman–Crippen MR) is 103 cm³/mol. The van der Waals surface area contributed by atoms with Gasteiger partial charge in [0.05, 0.1) is 22.9 Å². The lowest BCUT2D eigenvalue weighted by molar-refractivity contribution is -0.142. The molecule has 30 heavy (non-hydrogen) atoms. The van der Waals surface area contributed by atoms with E-state index >= 15 is 0 Å². The van der Waals surface area contributed by atoms with Crippen LogP contribution < -0.4 is 5.32 Å². The number of amides is 1. The van der Waals surface area contributed by atoms with Crippen molar-refractivity contribution in [1.29, 1.82) is 0 Å². The first-order chi connectivity index (χ1) is 14.4. The van der Waals surface area contributed by atoms with Gasteiger partial charge in [-0.3, -0.25) is 14.7 Å². The van der Waals surface area contributed by atoms with Gasteiger partial charge in [-0.2, -0.15) is 5.10 Å². The van der Waals surface area contributed by atoms with Crippen molar-refractivity contribution in [2.24, 2.45) is 0 Å². The summed E-state index contributed by atoms with van der Waals surface area (Å²) in [5.74, 6) is -2.99. The summed E-state index contributed by atoms with van der Waals surface area (Å²) in [4.78, 5) is 31.1. The van der Waals surface area contributed by atoms with Crippen LogP contribution in [0.3, 0.4) is 0 Å². The zero-order chi connectivity index (χ0) is 21.3. The number of carbonyl (C=O) groups is 2. The monoisotopic (exact) mass is 411 g/mol. The molecule has 8 nitrogen and oxygen atoms in total. The minimum absolute atomic E-state index is 0.0517. The molecule has 1 amide bonds. The number of H-pyrrole nitrogens is 2. The second kappa shape index (κ2) is 7.74. The number of aromatic nitrogens is 4. The average molecular weight is 411 g/mol. The Morgan fingerprint density at radius 1 is 1.13 bits per heavy atom. The smallest absolute Gasteiger partial charge is 0.302 e. The van der Waals surface area contributed by atoms with Crippen LogP contribution in [0, 0.1) is 11.6 Å². The fourth-order valence-corrected chi connectivity index (χ4v) is 2.97. The number of nitrogens with one attached hydrogen (secondary N) is 3. The van der Waals surface area contributed by atoms with E-state index < -0.39 is 29.1 Å². The molecule has 0 unspecified atom stereocenters. The molecular formula is C20H15F2N5O3. The summed E-state index contributed by atoms with van der Waals surface area (Å²) in [5, 5.41) is 9.04. The number of ether oxygens (including phenoxy) is 1. The minimum atomic E-state index is -0.976. The standard InChI is InChI=1S/C20H15F2N5O3/c1-10(28)30-9-11-4-2-7-14-17(11)26-19(24-14)18-15(8-23-27-18)25-20(29)16-12(21)5-3-6-13(16)22/h2-8H,9H2,1H3,(H,23,27)(H,24,26)(H,25,29). The van der Waals surface area contributed by atoms with Gasteiger partial charge < -0.3 is 15.0 Å². The number of hydrogen-bond donors (Lipinski definition) is 3. The summed E-state index contributed by atoms with van der Waals surface area (Å²) < 4.78 is 32.8. The van der Waals surface area contributed by atoms with E-state index in [1.165, 1.54) is 19.2 Å². The molecule has 0 atom stereocenters. The Morgan fingerprint density at radius 3 is 2.60 bits per heavy atom. The molecule has 2 aromatic carbocycles. The van der Waals surface area contributed by atoms with Crippen LogP contribution >= 0.6 is 0 Å². The lowest BCUT2D eigenvalue weighted by atomic mass is 10.2. The van der Waals surface area contributed by atoms with Crippen molar-refractivity contribution in [3.05, 3.63) is 65.4 Å². The Morgan fingerprint density at radius 2 is 1.87 bits per heavy atom. The van der Waals surface area contributed by atoms with Gasteiger partial charge in [0.15, 0.2) is 5.82 Å². The third-order valence-corrected chi connectivity index (χ3v) is 4.34. The fraction of sp³-hybridized carbons (Fsp3) is 0.100. The van der Waals surface area contributed by atoms with E-state index in [0.29, 0.717) is 28.1 Å². The number of rotatable bonds is 5. The largest absolute Gasteiger partial charge is 0.461 e. The molecule has 0 spiro atoms. The summed E-state index contributed by atoms with van der Waals surface area (Å²) in [6.45, 7) is 1.37. The highest BCUT2D eigenvalue weighted by molar-refractivity contribution is 6.06. The van der Waals surface area contributed by atoms with Crippen molar-refractivity contribution in [2.75, 3.05) is 5.32 Å². The van der Waals surface area contributed by atoms with E-state index in [4.69, 9.17) is 4.74 Å². The maximum atomic E-state index is 13.9. The van der Waals surface area contributed by atoms with Gasteiger partial charge in [-0.25, -0.2) is 13.8 Å². The Labute approximate surface area is 168 Å². The molecule has 0 saturated heterocycles. The predicted octanol–water partition coefficient (Wildman–Crippen LogP) is 3.55. The Bertz CT molecular complexity index is 1240. The normalized spacial score (nSPS) is 10.9. The third kappa shape index (κ3) is 3.62. The number of imidazole rings is 1. The maximum Gasteiger partial charge on any atom is 0.302 e. The molecule has 0 aliphatic carbocycles. The molecule has 4 aromatic rings. The molecule has 0 fully saturated rings. The van der Waals surface area contributed by atoms with Gasteiger partial charge in [0.1, 0.15) is 29.5 Å². The third-order valence-electron chi connectivity index (χ3n) is 4.34. The SMILES string of the molecule is CC(=O)OCc1cccc2[nH]c(-c3[nH]ncc3NC(=O)c3c(F)cccc3F)nc12. The number of nitrogens with zero attached hydrogens (tertiary/aromatic N) is 2. The van der Waals surface area contributed by atoms with E-state index in [2.05, 4.69) is 25.5 Å². The number of carbonyl (C=O) groups excluding carboxylic acids is 2. The molecular weight excluding hydrogens is 396 g/mol. The first-order valence-electron chi connectivity index (χ1n) is 8.84. The van der Waals surface area contributed by atoms with Crippen LogP contribution in [0.4, 0.5) is 14.5 Å². The van der Waals surface area contributed by atoms with E-state index in [1.54, 1.807) is 18.2 Å². The number of hydrogen-bond acceptors (Lipinski definition) is 5. The van der Waals surface area contributed by atoms with Gasteiger partial charge in [0.25, 0.3) is 5.91 Å². The summed E-state index contributed by atoms with van der Waals surface area (Å²) >= 11 is 0. The number of fused-ring (bicyclic) bond motifs is 1. The minimum Gasteiger partial charge on any atom is -0.461 e. The molecule has 0 aliphatic rings. The van der Waals surface area contributed by atoms with E-state index in [1.807, 2.05) is 0 Å². The maximum absolute atomic E-state index is 13.9. The number of esters is 1. The van der Waals surface area contributed by atoms with Gasteiger partial charge in [-0.15, -0.1) is 0 Å². The van der Waals surface area contributed by atoms with Crippen LogP contribution in [0.2, 0.25) is 0 Å². The summed E-state index contributed by atoms with van der Waals surface area (Å²) in [6, 6.07) is 8.50. The van der Waals surface area contributed by atoms with Crippen LogP contribution in [0.1, 0.15) is 22.8 Å². The van der Waals surface area contributed by atoms with E-state index in [9.17, 15) is 18.4 Å². The molecule has 152 valence electrons.